The van der Waals surface area contributed by atoms with Gasteiger partial charge in [0, 0.05) is 17.5 Å². The van der Waals surface area contributed by atoms with E-state index in [1.54, 1.807) is 24.9 Å². The molecule has 0 atom stereocenters. The van der Waals surface area contributed by atoms with Gasteiger partial charge in [-0.05, 0) is 31.5 Å². The Morgan fingerprint density at radius 1 is 1.28 bits per heavy atom. The normalized spacial score (nSPS) is 10.3. The average molecular weight is 257 g/mol. The van der Waals surface area contributed by atoms with Crippen LogP contribution in [-0.4, -0.2) is 10.8 Å². The van der Waals surface area contributed by atoms with Crippen LogP contribution in [0.1, 0.15) is 28.4 Å². The van der Waals surface area contributed by atoms with Crippen molar-refractivity contribution in [1.82, 2.24) is 4.98 Å². The molecule has 0 radical (unpaired) electrons. The van der Waals surface area contributed by atoms with Crippen LogP contribution in [0.3, 0.4) is 0 Å². The van der Waals surface area contributed by atoms with E-state index >= 15 is 0 Å². The smallest absolute Gasteiger partial charge is 0.161 e. The standard InChI is InChI=1S/C15H15NOS/c1-11-4-3-5-13(8-11)10-18-15-7-6-14(9-16-15)12(2)17/h3-9H,10H2,1-2H3. The molecule has 18 heavy (non-hydrogen) atoms. The third-order valence-electron chi connectivity index (χ3n) is 2.61. The van der Waals surface area contributed by atoms with Crippen molar-refractivity contribution in [2.75, 3.05) is 0 Å². The summed E-state index contributed by atoms with van der Waals surface area (Å²) in [4.78, 5) is 15.4. The first-order valence-corrected chi connectivity index (χ1v) is 6.79. The molecule has 0 N–H and O–H groups in total. The number of carbonyl (C=O) groups excluding carboxylic acids is 1. The van der Waals surface area contributed by atoms with Crippen molar-refractivity contribution >= 4 is 17.5 Å². The SMILES string of the molecule is CC(=O)c1ccc(SCc2cccc(C)c2)nc1. The predicted molar refractivity (Wildman–Crippen MR) is 75.0 cm³/mol. The molecular weight excluding hydrogens is 242 g/mol. The van der Waals surface area contributed by atoms with Gasteiger partial charge in [-0.25, -0.2) is 4.98 Å². The molecule has 3 heteroatoms. The molecule has 0 aliphatic heterocycles. The van der Waals surface area contributed by atoms with Gasteiger partial charge in [0.15, 0.2) is 5.78 Å². The third kappa shape index (κ3) is 3.44. The highest BCUT2D eigenvalue weighted by Gasteiger charge is 2.01. The second-order valence-electron chi connectivity index (χ2n) is 4.22. The zero-order chi connectivity index (χ0) is 13.0. The van der Waals surface area contributed by atoms with Crippen LogP contribution >= 0.6 is 11.8 Å². The third-order valence-corrected chi connectivity index (χ3v) is 3.63. The molecule has 1 aromatic heterocycles. The summed E-state index contributed by atoms with van der Waals surface area (Å²) in [5.74, 6) is 0.950. The van der Waals surface area contributed by atoms with Gasteiger partial charge in [0.1, 0.15) is 0 Å². The molecule has 0 aliphatic rings. The maximum atomic E-state index is 11.1. The van der Waals surface area contributed by atoms with Crippen LogP contribution in [0.2, 0.25) is 0 Å². The van der Waals surface area contributed by atoms with Crippen LogP contribution < -0.4 is 0 Å². The van der Waals surface area contributed by atoms with Crippen LogP contribution in [-0.2, 0) is 5.75 Å². The summed E-state index contributed by atoms with van der Waals surface area (Å²) in [5, 5.41) is 0.946. The lowest BCUT2D eigenvalue weighted by atomic mass is 10.2. The van der Waals surface area contributed by atoms with Gasteiger partial charge in [0.05, 0.1) is 5.03 Å². The first kappa shape index (κ1) is 12.8. The van der Waals surface area contributed by atoms with E-state index in [0.717, 1.165) is 10.8 Å². The summed E-state index contributed by atoms with van der Waals surface area (Å²) in [5.41, 5.74) is 3.22. The highest BCUT2D eigenvalue weighted by atomic mass is 32.2. The Balaban J connectivity index is 2.00. The van der Waals surface area contributed by atoms with Crippen molar-refractivity contribution in [3.63, 3.8) is 0 Å². The van der Waals surface area contributed by atoms with Crippen molar-refractivity contribution in [2.24, 2.45) is 0 Å². The predicted octanol–water partition coefficient (Wildman–Crippen LogP) is 3.88. The van der Waals surface area contributed by atoms with E-state index in [1.807, 2.05) is 12.1 Å². The fourth-order valence-electron chi connectivity index (χ4n) is 1.63. The highest BCUT2D eigenvalue weighted by Crippen LogP contribution is 2.21. The van der Waals surface area contributed by atoms with Crippen LogP contribution in [0.5, 0.6) is 0 Å². The lowest BCUT2D eigenvalue weighted by Gasteiger charge is -2.03. The fourth-order valence-corrected chi connectivity index (χ4v) is 2.42. The zero-order valence-electron chi connectivity index (χ0n) is 10.5. The van der Waals surface area contributed by atoms with E-state index in [9.17, 15) is 4.79 Å². The first-order valence-electron chi connectivity index (χ1n) is 5.80. The van der Waals surface area contributed by atoms with E-state index in [1.165, 1.54) is 11.1 Å². The number of hydrogen-bond acceptors (Lipinski definition) is 3. The van der Waals surface area contributed by atoms with E-state index in [2.05, 4.69) is 36.2 Å². The number of aryl methyl sites for hydroxylation is 1. The number of carbonyl (C=O) groups is 1. The first-order chi connectivity index (χ1) is 8.65. The Morgan fingerprint density at radius 2 is 2.11 bits per heavy atom. The Labute approximate surface area is 111 Å². The van der Waals surface area contributed by atoms with Crippen molar-refractivity contribution in [1.29, 1.82) is 0 Å². The van der Waals surface area contributed by atoms with Crippen molar-refractivity contribution in [3.05, 3.63) is 59.3 Å². The minimum Gasteiger partial charge on any atom is -0.294 e. The van der Waals surface area contributed by atoms with Gasteiger partial charge < -0.3 is 0 Å². The number of thioether (sulfide) groups is 1. The number of benzene rings is 1. The number of aromatic nitrogens is 1. The lowest BCUT2D eigenvalue weighted by Crippen LogP contribution is -1.93. The van der Waals surface area contributed by atoms with Gasteiger partial charge in [-0.15, -0.1) is 11.8 Å². The number of nitrogens with zero attached hydrogens (tertiary/aromatic N) is 1. The summed E-state index contributed by atoms with van der Waals surface area (Å²) in [6.45, 7) is 3.64. The molecule has 2 aromatic rings. The van der Waals surface area contributed by atoms with Crippen molar-refractivity contribution in [2.45, 2.75) is 24.6 Å². The summed E-state index contributed by atoms with van der Waals surface area (Å²) >= 11 is 1.68. The molecular formula is C15H15NOS. The van der Waals surface area contributed by atoms with Gasteiger partial charge in [0.25, 0.3) is 0 Å². The minimum absolute atomic E-state index is 0.0535. The summed E-state index contributed by atoms with van der Waals surface area (Å²) in [7, 11) is 0. The van der Waals surface area contributed by atoms with Crippen molar-refractivity contribution in [3.8, 4) is 0 Å². The molecule has 0 fully saturated rings. The van der Waals surface area contributed by atoms with E-state index in [0.29, 0.717) is 5.56 Å². The monoisotopic (exact) mass is 257 g/mol. The molecule has 0 amide bonds. The Hall–Kier alpha value is -1.61. The van der Waals surface area contributed by atoms with Gasteiger partial charge >= 0.3 is 0 Å². The van der Waals surface area contributed by atoms with Crippen LogP contribution in [0.15, 0.2) is 47.6 Å². The van der Waals surface area contributed by atoms with E-state index in [-0.39, 0.29) is 5.78 Å². The molecule has 2 nitrogen and oxygen atoms in total. The topological polar surface area (TPSA) is 30.0 Å². The summed E-state index contributed by atoms with van der Waals surface area (Å²) in [6.07, 6.45) is 1.64. The second-order valence-corrected chi connectivity index (χ2v) is 5.21. The Bertz CT molecular complexity index is 549. The Morgan fingerprint density at radius 3 is 2.72 bits per heavy atom. The quantitative estimate of drug-likeness (QED) is 0.615. The van der Waals surface area contributed by atoms with Crippen LogP contribution in [0.25, 0.3) is 0 Å². The zero-order valence-corrected chi connectivity index (χ0v) is 11.3. The number of pyridine rings is 1. The molecule has 92 valence electrons. The second kappa shape index (κ2) is 5.83. The maximum Gasteiger partial charge on any atom is 0.161 e. The largest absolute Gasteiger partial charge is 0.294 e. The van der Waals surface area contributed by atoms with E-state index < -0.39 is 0 Å². The van der Waals surface area contributed by atoms with Crippen LogP contribution in [0, 0.1) is 6.92 Å². The number of Topliss-reactive ketones (excluding diaryl/α,β-unsaturated/α-hetero) is 1. The molecule has 1 heterocycles. The van der Waals surface area contributed by atoms with Gasteiger partial charge in [0.2, 0.25) is 0 Å². The lowest BCUT2D eigenvalue weighted by molar-refractivity contribution is 0.101. The molecule has 0 unspecified atom stereocenters. The maximum absolute atomic E-state index is 11.1. The number of rotatable bonds is 4. The van der Waals surface area contributed by atoms with E-state index in [4.69, 9.17) is 0 Å². The molecule has 0 aliphatic carbocycles. The molecule has 0 spiro atoms. The number of hydrogen-bond donors (Lipinski definition) is 0. The van der Waals surface area contributed by atoms with Crippen LogP contribution in [0.4, 0.5) is 0 Å². The molecule has 0 bridgehead atoms. The molecule has 0 saturated heterocycles. The number of ketones is 1. The fraction of sp³-hybridized carbons (Fsp3) is 0.200. The van der Waals surface area contributed by atoms with Gasteiger partial charge in [-0.1, -0.05) is 29.8 Å². The Kier molecular flexibility index (Phi) is 4.15. The molecule has 0 saturated carbocycles. The summed E-state index contributed by atoms with van der Waals surface area (Å²) in [6, 6.07) is 12.2. The minimum atomic E-state index is 0.0535. The highest BCUT2D eigenvalue weighted by molar-refractivity contribution is 7.98. The van der Waals surface area contributed by atoms with Gasteiger partial charge in [-0.2, -0.15) is 0 Å². The summed E-state index contributed by atoms with van der Waals surface area (Å²) < 4.78 is 0. The molecule has 1 aromatic carbocycles. The van der Waals surface area contributed by atoms with Crippen molar-refractivity contribution < 1.29 is 4.79 Å². The average Bonchev–Trinajstić information content (AvgIpc) is 2.37. The molecule has 2 rings (SSSR count). The van der Waals surface area contributed by atoms with Gasteiger partial charge in [-0.3, -0.25) is 4.79 Å².